The number of aliphatic carboxylic acids is 1. The summed E-state index contributed by atoms with van der Waals surface area (Å²) in [6.07, 6.45) is 12.5. The van der Waals surface area contributed by atoms with Gasteiger partial charge in [0.15, 0.2) is 0 Å². The fraction of sp³-hybridized carbons (Fsp3) is 0.632. The molecular weight excluding hydrogens is 334 g/mol. The molecule has 0 unspecified atom stereocenters. The first-order valence-corrected chi connectivity index (χ1v) is 9.42. The molecule has 0 saturated carbocycles. The van der Waals surface area contributed by atoms with Gasteiger partial charge in [0.25, 0.3) is 5.56 Å². The molecule has 1 aromatic rings. The van der Waals surface area contributed by atoms with E-state index in [1.165, 1.54) is 49.3 Å². The van der Waals surface area contributed by atoms with Crippen LogP contribution in [0.1, 0.15) is 57.8 Å². The smallest absolute Gasteiger partial charge is 0.323 e. The van der Waals surface area contributed by atoms with Crippen molar-refractivity contribution in [1.82, 2.24) is 4.57 Å². The van der Waals surface area contributed by atoms with Gasteiger partial charge in [0.1, 0.15) is 6.54 Å². The van der Waals surface area contributed by atoms with Crippen molar-refractivity contribution in [3.05, 3.63) is 28.7 Å². The van der Waals surface area contributed by atoms with Crippen LogP contribution < -0.4 is 16.2 Å². The van der Waals surface area contributed by atoms with Crippen LogP contribution in [0.4, 0.5) is 5.69 Å². The van der Waals surface area contributed by atoms with Gasteiger partial charge in [0.05, 0.1) is 5.69 Å². The average Bonchev–Trinajstić information content (AvgIpc) is 2.61. The standard InChI is InChI=1S/C19H31N3O4/c20-12-8-6-4-2-1-3-5-7-9-13-21(16-23)17-10-11-18(24)22(14-17)15-19(25)26/h10-11,14,16H,1-9,12-13,15,20H2,(H,25,26). The van der Waals surface area contributed by atoms with Crippen LogP contribution in [0.2, 0.25) is 0 Å². The highest BCUT2D eigenvalue weighted by Crippen LogP contribution is 2.13. The minimum absolute atomic E-state index is 0.395. The highest BCUT2D eigenvalue weighted by Gasteiger charge is 2.08. The molecule has 0 aromatic carbocycles. The van der Waals surface area contributed by atoms with E-state index < -0.39 is 18.1 Å². The molecule has 0 spiro atoms. The SMILES string of the molecule is NCCCCCCCCCCCN(C=O)c1ccc(=O)n(CC(=O)O)c1. The van der Waals surface area contributed by atoms with Crippen molar-refractivity contribution in [1.29, 1.82) is 0 Å². The molecule has 1 rings (SSSR count). The zero-order chi connectivity index (χ0) is 19.2. The van der Waals surface area contributed by atoms with Crippen molar-refractivity contribution in [2.75, 3.05) is 18.0 Å². The number of carboxylic acid groups (broad SMARTS) is 1. The van der Waals surface area contributed by atoms with Gasteiger partial charge in [-0.2, -0.15) is 0 Å². The lowest BCUT2D eigenvalue weighted by molar-refractivity contribution is -0.137. The molecule has 0 saturated heterocycles. The van der Waals surface area contributed by atoms with Gasteiger partial charge in [-0.25, -0.2) is 0 Å². The lowest BCUT2D eigenvalue weighted by atomic mass is 10.1. The second-order valence-electron chi connectivity index (χ2n) is 6.52. The molecule has 1 amide bonds. The second-order valence-corrected chi connectivity index (χ2v) is 6.52. The van der Waals surface area contributed by atoms with E-state index in [4.69, 9.17) is 10.8 Å². The third kappa shape index (κ3) is 8.80. The Morgan fingerprint density at radius 3 is 2.15 bits per heavy atom. The Morgan fingerprint density at radius 2 is 1.62 bits per heavy atom. The zero-order valence-corrected chi connectivity index (χ0v) is 15.4. The van der Waals surface area contributed by atoms with E-state index in [1.807, 2.05) is 0 Å². The lowest BCUT2D eigenvalue weighted by Crippen LogP contribution is -2.27. The van der Waals surface area contributed by atoms with Crippen LogP contribution in [0, 0.1) is 0 Å². The molecule has 146 valence electrons. The number of carbonyl (C=O) groups is 2. The molecule has 1 aromatic heterocycles. The number of unbranched alkanes of at least 4 members (excludes halogenated alkanes) is 8. The monoisotopic (exact) mass is 365 g/mol. The minimum Gasteiger partial charge on any atom is -0.480 e. The number of pyridine rings is 1. The maximum atomic E-state index is 11.6. The number of anilines is 1. The van der Waals surface area contributed by atoms with E-state index in [1.54, 1.807) is 6.07 Å². The van der Waals surface area contributed by atoms with Crippen molar-refractivity contribution < 1.29 is 14.7 Å². The van der Waals surface area contributed by atoms with Crippen LogP contribution in [0.3, 0.4) is 0 Å². The maximum Gasteiger partial charge on any atom is 0.323 e. The highest BCUT2D eigenvalue weighted by atomic mass is 16.4. The van der Waals surface area contributed by atoms with Crippen LogP contribution in [-0.2, 0) is 16.1 Å². The van der Waals surface area contributed by atoms with Gasteiger partial charge in [-0.3, -0.25) is 14.4 Å². The third-order valence-corrected chi connectivity index (χ3v) is 4.34. The maximum absolute atomic E-state index is 11.6. The van der Waals surface area contributed by atoms with Crippen molar-refractivity contribution in [2.45, 2.75) is 64.3 Å². The molecule has 0 aliphatic carbocycles. The van der Waals surface area contributed by atoms with Crippen molar-refractivity contribution in [3.63, 3.8) is 0 Å². The number of carbonyl (C=O) groups excluding carboxylic acids is 1. The number of rotatable bonds is 15. The Bertz CT molecular complexity index is 601. The largest absolute Gasteiger partial charge is 0.480 e. The third-order valence-electron chi connectivity index (χ3n) is 4.34. The van der Waals surface area contributed by atoms with Gasteiger partial charge in [0, 0.05) is 18.8 Å². The molecule has 26 heavy (non-hydrogen) atoms. The van der Waals surface area contributed by atoms with E-state index >= 15 is 0 Å². The fourth-order valence-electron chi connectivity index (χ4n) is 2.86. The average molecular weight is 365 g/mol. The van der Waals surface area contributed by atoms with Gasteiger partial charge in [0.2, 0.25) is 6.41 Å². The Labute approximate surface area is 154 Å². The summed E-state index contributed by atoms with van der Waals surface area (Å²) in [6, 6.07) is 2.84. The summed E-state index contributed by atoms with van der Waals surface area (Å²) in [5.74, 6) is -1.09. The van der Waals surface area contributed by atoms with E-state index in [0.29, 0.717) is 12.2 Å². The molecule has 0 atom stereocenters. The minimum atomic E-state index is -1.09. The molecule has 7 nitrogen and oxygen atoms in total. The number of nitrogens with zero attached hydrogens (tertiary/aromatic N) is 2. The molecule has 7 heteroatoms. The summed E-state index contributed by atoms with van der Waals surface area (Å²) < 4.78 is 1.10. The Kier molecular flexibility index (Phi) is 11.0. The molecular formula is C19H31N3O4. The topological polar surface area (TPSA) is 106 Å². The van der Waals surface area contributed by atoms with Crippen LogP contribution in [0.15, 0.2) is 23.1 Å². The van der Waals surface area contributed by atoms with Crippen LogP contribution in [0.5, 0.6) is 0 Å². The zero-order valence-electron chi connectivity index (χ0n) is 15.4. The number of carboxylic acids is 1. The lowest BCUT2D eigenvalue weighted by Gasteiger charge is -2.18. The number of amides is 1. The van der Waals surface area contributed by atoms with Crippen molar-refractivity contribution in [2.24, 2.45) is 5.73 Å². The molecule has 1 heterocycles. The Morgan fingerprint density at radius 1 is 1.04 bits per heavy atom. The molecule has 3 N–H and O–H groups in total. The molecule has 0 bridgehead atoms. The first-order valence-electron chi connectivity index (χ1n) is 9.42. The number of nitrogens with two attached hydrogens (primary N) is 1. The summed E-state index contributed by atoms with van der Waals surface area (Å²) in [4.78, 5) is 35.3. The fourth-order valence-corrected chi connectivity index (χ4v) is 2.86. The van der Waals surface area contributed by atoms with Crippen molar-refractivity contribution in [3.8, 4) is 0 Å². The van der Waals surface area contributed by atoms with Crippen LogP contribution in [0.25, 0.3) is 0 Å². The normalized spacial score (nSPS) is 10.7. The predicted molar refractivity (Wildman–Crippen MR) is 102 cm³/mol. The molecule has 0 radical (unpaired) electrons. The number of hydrogen-bond acceptors (Lipinski definition) is 4. The summed E-state index contributed by atoms with van der Waals surface area (Å²) in [5.41, 5.74) is 5.61. The Balaban J connectivity index is 2.31. The number of hydrogen-bond donors (Lipinski definition) is 2. The van der Waals surface area contributed by atoms with Crippen LogP contribution >= 0.6 is 0 Å². The molecule has 0 aliphatic rings. The van der Waals surface area contributed by atoms with Crippen molar-refractivity contribution >= 4 is 18.1 Å². The molecule has 0 fully saturated rings. The highest BCUT2D eigenvalue weighted by molar-refractivity contribution is 5.74. The van der Waals surface area contributed by atoms with E-state index in [9.17, 15) is 14.4 Å². The quantitative estimate of drug-likeness (QED) is 0.367. The van der Waals surface area contributed by atoms with E-state index in [-0.39, 0.29) is 0 Å². The van der Waals surface area contributed by atoms with Gasteiger partial charge < -0.3 is 20.3 Å². The van der Waals surface area contributed by atoms with Crippen LogP contribution in [-0.4, -0.2) is 35.1 Å². The summed E-state index contributed by atoms with van der Waals surface area (Å²) in [6.45, 7) is 0.928. The number of aromatic nitrogens is 1. The first kappa shape index (κ1) is 21.9. The first-order chi connectivity index (χ1) is 12.6. The summed E-state index contributed by atoms with van der Waals surface area (Å²) in [5, 5.41) is 8.83. The van der Waals surface area contributed by atoms with Gasteiger partial charge >= 0.3 is 5.97 Å². The van der Waals surface area contributed by atoms with Gasteiger partial charge in [-0.15, -0.1) is 0 Å². The van der Waals surface area contributed by atoms with E-state index in [2.05, 4.69) is 0 Å². The molecule has 0 aliphatic heterocycles. The summed E-state index contributed by atoms with van der Waals surface area (Å²) in [7, 11) is 0. The van der Waals surface area contributed by atoms with Gasteiger partial charge in [-0.05, 0) is 25.5 Å². The Hall–Kier alpha value is -2.15. The van der Waals surface area contributed by atoms with Gasteiger partial charge in [-0.1, -0.05) is 44.9 Å². The predicted octanol–water partition coefficient (Wildman–Crippen LogP) is 2.37. The summed E-state index contributed by atoms with van der Waals surface area (Å²) >= 11 is 0. The van der Waals surface area contributed by atoms with E-state index in [0.717, 1.165) is 43.2 Å². The second kappa shape index (κ2) is 13.1.